The first-order chi connectivity index (χ1) is 14.6. The fraction of sp³-hybridized carbons (Fsp3) is 0.583. The number of anilines is 1. The lowest BCUT2D eigenvalue weighted by molar-refractivity contribution is 0.131. The van der Waals surface area contributed by atoms with Crippen LogP contribution in [-0.4, -0.2) is 49.8 Å². The van der Waals surface area contributed by atoms with Gasteiger partial charge in [0.15, 0.2) is 5.96 Å². The number of fused-ring (bicyclic) bond motifs is 1. The molecular formula is C24H37N5O. The maximum Gasteiger partial charge on any atom is 0.191 e. The number of nitrogens with zero attached hydrogens (tertiary/aromatic N) is 3. The number of hydrogen-bond donors (Lipinski definition) is 3. The Morgan fingerprint density at radius 1 is 1.17 bits per heavy atom. The Morgan fingerprint density at radius 3 is 2.63 bits per heavy atom. The molecule has 30 heavy (non-hydrogen) atoms. The number of aromatic nitrogens is 1. The first-order valence-electron chi connectivity index (χ1n) is 11.3. The molecule has 0 amide bonds. The fourth-order valence-electron chi connectivity index (χ4n) is 4.42. The molecule has 0 saturated heterocycles. The molecule has 1 aliphatic rings. The molecule has 1 fully saturated rings. The highest BCUT2D eigenvalue weighted by Gasteiger charge is 2.31. The summed E-state index contributed by atoms with van der Waals surface area (Å²) in [5.41, 5.74) is 2.35. The average molecular weight is 412 g/mol. The molecule has 0 atom stereocenters. The van der Waals surface area contributed by atoms with Gasteiger partial charge in [-0.1, -0.05) is 37.5 Å². The van der Waals surface area contributed by atoms with Crippen molar-refractivity contribution < 1.29 is 5.11 Å². The number of benzene rings is 1. The van der Waals surface area contributed by atoms with E-state index in [9.17, 15) is 5.11 Å². The van der Waals surface area contributed by atoms with E-state index in [1.807, 2.05) is 25.1 Å². The van der Waals surface area contributed by atoms with Gasteiger partial charge in [-0.05, 0) is 49.3 Å². The molecule has 3 N–H and O–H groups in total. The van der Waals surface area contributed by atoms with E-state index in [4.69, 9.17) is 9.98 Å². The molecule has 2 aromatic rings. The smallest absolute Gasteiger partial charge is 0.191 e. The first-order valence-corrected chi connectivity index (χ1v) is 11.3. The van der Waals surface area contributed by atoms with E-state index in [1.54, 1.807) is 0 Å². The number of guanidine groups is 1. The van der Waals surface area contributed by atoms with Crippen molar-refractivity contribution in [2.75, 3.05) is 38.7 Å². The van der Waals surface area contributed by atoms with Crippen LogP contribution < -0.4 is 15.5 Å². The zero-order valence-corrected chi connectivity index (χ0v) is 18.7. The predicted molar refractivity (Wildman–Crippen MR) is 126 cm³/mol. The Bertz CT molecular complexity index is 837. The Kier molecular flexibility index (Phi) is 7.91. The largest absolute Gasteiger partial charge is 0.396 e. The van der Waals surface area contributed by atoms with Gasteiger partial charge in [-0.25, -0.2) is 9.98 Å². The maximum atomic E-state index is 9.59. The third kappa shape index (κ3) is 5.63. The van der Waals surface area contributed by atoms with Crippen LogP contribution in [0.3, 0.4) is 0 Å². The highest BCUT2D eigenvalue weighted by molar-refractivity contribution is 5.85. The summed E-state index contributed by atoms with van der Waals surface area (Å²) in [5.74, 6) is 1.79. The van der Waals surface area contributed by atoms with E-state index in [0.29, 0.717) is 6.54 Å². The SMILES string of the molecule is CCNC(=NCc1cc(N(C)C)nc2ccccc12)NCC1(CCO)CCCCC1. The van der Waals surface area contributed by atoms with Crippen LogP contribution in [0.15, 0.2) is 35.3 Å². The lowest BCUT2D eigenvalue weighted by atomic mass is 9.72. The van der Waals surface area contributed by atoms with Gasteiger partial charge in [0.25, 0.3) is 0 Å². The van der Waals surface area contributed by atoms with Crippen molar-refractivity contribution in [3.8, 4) is 0 Å². The monoisotopic (exact) mass is 411 g/mol. The number of pyridine rings is 1. The summed E-state index contributed by atoms with van der Waals surface area (Å²) >= 11 is 0. The van der Waals surface area contributed by atoms with Crippen LogP contribution in [0.2, 0.25) is 0 Å². The average Bonchev–Trinajstić information content (AvgIpc) is 2.76. The van der Waals surface area contributed by atoms with Crippen LogP contribution >= 0.6 is 0 Å². The molecule has 1 aromatic heterocycles. The van der Waals surface area contributed by atoms with Gasteiger partial charge >= 0.3 is 0 Å². The van der Waals surface area contributed by atoms with E-state index in [2.05, 4.69) is 41.8 Å². The predicted octanol–water partition coefficient (Wildman–Crippen LogP) is 3.69. The summed E-state index contributed by atoms with van der Waals surface area (Å²) in [5, 5.41) is 17.7. The summed E-state index contributed by atoms with van der Waals surface area (Å²) in [6, 6.07) is 10.4. The van der Waals surface area contributed by atoms with E-state index in [1.165, 1.54) is 37.7 Å². The molecule has 6 heteroatoms. The number of nitrogens with one attached hydrogen (secondary N) is 2. The van der Waals surface area contributed by atoms with Crippen LogP contribution in [0.5, 0.6) is 0 Å². The van der Waals surface area contributed by atoms with E-state index >= 15 is 0 Å². The van der Waals surface area contributed by atoms with Gasteiger partial charge in [-0.15, -0.1) is 0 Å². The van der Waals surface area contributed by atoms with Crippen LogP contribution in [-0.2, 0) is 6.54 Å². The first kappa shape index (κ1) is 22.3. The fourth-order valence-corrected chi connectivity index (χ4v) is 4.42. The number of hydrogen-bond acceptors (Lipinski definition) is 4. The molecule has 1 aliphatic carbocycles. The molecule has 0 bridgehead atoms. The zero-order chi connectivity index (χ0) is 21.4. The molecule has 0 spiro atoms. The van der Waals surface area contributed by atoms with E-state index in [-0.39, 0.29) is 12.0 Å². The summed E-state index contributed by atoms with van der Waals surface area (Å²) in [6.45, 7) is 4.61. The molecule has 6 nitrogen and oxygen atoms in total. The van der Waals surface area contributed by atoms with Gasteiger partial charge in [-0.3, -0.25) is 0 Å². The maximum absolute atomic E-state index is 9.59. The number of aliphatic hydroxyl groups excluding tert-OH is 1. The quantitative estimate of drug-likeness (QED) is 0.456. The third-order valence-electron chi connectivity index (χ3n) is 6.19. The second-order valence-corrected chi connectivity index (χ2v) is 8.63. The van der Waals surface area contributed by atoms with E-state index in [0.717, 1.165) is 42.2 Å². The molecule has 0 aliphatic heterocycles. The lowest BCUT2D eigenvalue weighted by Gasteiger charge is -2.37. The van der Waals surface area contributed by atoms with Crippen molar-refractivity contribution in [3.63, 3.8) is 0 Å². The Balaban J connectivity index is 1.79. The Labute approximate surface area is 180 Å². The summed E-state index contributed by atoms with van der Waals surface area (Å²) in [7, 11) is 4.03. The van der Waals surface area contributed by atoms with Crippen LogP contribution in [0.25, 0.3) is 10.9 Å². The number of para-hydroxylation sites is 1. The van der Waals surface area contributed by atoms with Crippen molar-refractivity contribution in [2.24, 2.45) is 10.4 Å². The summed E-state index contributed by atoms with van der Waals surface area (Å²) in [6.07, 6.45) is 7.05. The molecule has 164 valence electrons. The third-order valence-corrected chi connectivity index (χ3v) is 6.19. The molecular weight excluding hydrogens is 374 g/mol. The highest BCUT2D eigenvalue weighted by Crippen LogP contribution is 2.38. The zero-order valence-electron chi connectivity index (χ0n) is 18.7. The molecule has 1 heterocycles. The Hall–Kier alpha value is -2.34. The minimum absolute atomic E-state index is 0.185. The van der Waals surface area contributed by atoms with Gasteiger partial charge in [0.05, 0.1) is 12.1 Å². The minimum Gasteiger partial charge on any atom is -0.396 e. The second-order valence-electron chi connectivity index (χ2n) is 8.63. The van der Waals surface area contributed by atoms with Gasteiger partial charge in [0, 0.05) is 39.2 Å². The normalized spacial score (nSPS) is 16.5. The van der Waals surface area contributed by atoms with Crippen molar-refractivity contribution in [2.45, 2.75) is 52.0 Å². The van der Waals surface area contributed by atoms with E-state index < -0.39 is 0 Å². The van der Waals surface area contributed by atoms with Crippen molar-refractivity contribution in [3.05, 3.63) is 35.9 Å². The van der Waals surface area contributed by atoms with Crippen LogP contribution in [0.1, 0.15) is 51.0 Å². The van der Waals surface area contributed by atoms with Crippen molar-refractivity contribution in [1.82, 2.24) is 15.6 Å². The van der Waals surface area contributed by atoms with Crippen molar-refractivity contribution in [1.29, 1.82) is 0 Å². The Morgan fingerprint density at radius 2 is 1.93 bits per heavy atom. The number of rotatable bonds is 8. The van der Waals surface area contributed by atoms with Gasteiger partial charge in [0.1, 0.15) is 5.82 Å². The summed E-state index contributed by atoms with van der Waals surface area (Å²) < 4.78 is 0. The van der Waals surface area contributed by atoms with Crippen molar-refractivity contribution >= 4 is 22.7 Å². The number of aliphatic imine (C=N–C) groups is 1. The molecule has 3 rings (SSSR count). The second kappa shape index (κ2) is 10.6. The molecule has 0 radical (unpaired) electrons. The minimum atomic E-state index is 0.185. The highest BCUT2D eigenvalue weighted by atomic mass is 16.3. The molecule has 0 unspecified atom stereocenters. The van der Waals surface area contributed by atoms with Gasteiger partial charge in [0.2, 0.25) is 0 Å². The lowest BCUT2D eigenvalue weighted by Crippen LogP contribution is -2.44. The van der Waals surface area contributed by atoms with Gasteiger partial charge in [-0.2, -0.15) is 0 Å². The van der Waals surface area contributed by atoms with Gasteiger partial charge < -0.3 is 20.6 Å². The van der Waals surface area contributed by atoms with Crippen LogP contribution in [0, 0.1) is 5.41 Å². The number of aliphatic hydroxyl groups is 1. The molecule has 1 aromatic carbocycles. The van der Waals surface area contributed by atoms with Crippen LogP contribution in [0.4, 0.5) is 5.82 Å². The molecule has 1 saturated carbocycles. The summed E-state index contributed by atoms with van der Waals surface area (Å²) in [4.78, 5) is 11.7. The topological polar surface area (TPSA) is 72.8 Å². The standard InChI is InChI=1S/C24H37N5O/c1-4-25-23(27-18-24(14-15-30)12-8-5-9-13-24)26-17-19-16-22(29(2)3)28-21-11-7-6-10-20(19)21/h6-7,10-11,16,30H,4-5,8-9,12-15,17-18H2,1-3H3,(H2,25,26,27).